The summed E-state index contributed by atoms with van der Waals surface area (Å²) in [7, 11) is 1.50. The van der Waals surface area contributed by atoms with Crippen molar-refractivity contribution in [1.82, 2.24) is 4.90 Å². The number of nitro benzene ring substituents is 1. The van der Waals surface area contributed by atoms with Gasteiger partial charge in [0.05, 0.1) is 17.7 Å². The molecule has 1 heterocycles. The van der Waals surface area contributed by atoms with E-state index in [2.05, 4.69) is 0 Å². The second-order valence-electron chi connectivity index (χ2n) is 6.51. The van der Waals surface area contributed by atoms with Crippen molar-refractivity contribution in [2.75, 3.05) is 25.2 Å². The van der Waals surface area contributed by atoms with Crippen LogP contribution in [-0.2, 0) is 4.79 Å². The number of carbonyl (C=O) groups excluding carboxylic acids is 2. The maximum absolute atomic E-state index is 13.4. The second kappa shape index (κ2) is 8.08. The summed E-state index contributed by atoms with van der Waals surface area (Å²) in [6, 6.07) is 11.4. The largest absolute Gasteiger partial charge is 0.495 e. The Bertz CT molecular complexity index is 928. The molecular formula is C20H21N3O5. The maximum Gasteiger partial charge on any atom is 0.273 e. The van der Waals surface area contributed by atoms with E-state index in [1.54, 1.807) is 42.2 Å². The first-order valence-corrected chi connectivity index (χ1v) is 8.90. The molecule has 0 aromatic heterocycles. The maximum atomic E-state index is 13.4. The molecule has 8 nitrogen and oxygen atoms in total. The monoisotopic (exact) mass is 383 g/mol. The van der Waals surface area contributed by atoms with Crippen molar-refractivity contribution in [2.24, 2.45) is 0 Å². The summed E-state index contributed by atoms with van der Waals surface area (Å²) >= 11 is 0. The number of nitro groups is 1. The van der Waals surface area contributed by atoms with Gasteiger partial charge in [0.25, 0.3) is 11.6 Å². The Morgan fingerprint density at radius 1 is 1.25 bits per heavy atom. The molecule has 0 N–H and O–H groups in total. The van der Waals surface area contributed by atoms with Gasteiger partial charge in [0, 0.05) is 30.2 Å². The zero-order valence-corrected chi connectivity index (χ0v) is 15.8. The van der Waals surface area contributed by atoms with Crippen molar-refractivity contribution in [1.29, 1.82) is 0 Å². The number of methoxy groups -OCH3 is 1. The van der Waals surface area contributed by atoms with Crippen molar-refractivity contribution in [3.8, 4) is 5.75 Å². The van der Waals surface area contributed by atoms with E-state index in [0.717, 1.165) is 6.42 Å². The number of amides is 2. The van der Waals surface area contributed by atoms with E-state index < -0.39 is 10.8 Å². The SMILES string of the molecule is COc1ccccc1N(CN1CCCC1=O)C(=O)c1cccc([N+](=O)[O-])c1C. The predicted molar refractivity (Wildman–Crippen MR) is 103 cm³/mol. The molecule has 0 unspecified atom stereocenters. The number of hydrogen-bond acceptors (Lipinski definition) is 5. The number of nitrogens with zero attached hydrogens (tertiary/aromatic N) is 3. The van der Waals surface area contributed by atoms with Crippen molar-refractivity contribution in [2.45, 2.75) is 19.8 Å². The van der Waals surface area contributed by atoms with E-state index in [1.165, 1.54) is 24.1 Å². The summed E-state index contributed by atoms with van der Waals surface area (Å²) in [5, 5.41) is 11.3. The molecular weight excluding hydrogens is 362 g/mol. The van der Waals surface area contributed by atoms with Crippen LogP contribution in [0.1, 0.15) is 28.8 Å². The average molecular weight is 383 g/mol. The Labute approximate surface area is 162 Å². The van der Waals surface area contributed by atoms with Crippen LogP contribution in [0.4, 0.5) is 11.4 Å². The molecule has 0 atom stereocenters. The van der Waals surface area contributed by atoms with E-state index in [0.29, 0.717) is 24.4 Å². The van der Waals surface area contributed by atoms with Crippen LogP contribution >= 0.6 is 0 Å². The van der Waals surface area contributed by atoms with Crippen molar-refractivity contribution >= 4 is 23.2 Å². The van der Waals surface area contributed by atoms with Crippen molar-refractivity contribution in [3.63, 3.8) is 0 Å². The first-order chi connectivity index (χ1) is 13.4. The molecule has 0 bridgehead atoms. The second-order valence-corrected chi connectivity index (χ2v) is 6.51. The Kier molecular flexibility index (Phi) is 5.58. The fourth-order valence-corrected chi connectivity index (χ4v) is 3.33. The van der Waals surface area contributed by atoms with Gasteiger partial charge in [0.2, 0.25) is 5.91 Å². The summed E-state index contributed by atoms with van der Waals surface area (Å²) in [4.78, 5) is 39.3. The predicted octanol–water partition coefficient (Wildman–Crippen LogP) is 3.14. The highest BCUT2D eigenvalue weighted by Gasteiger charge is 2.29. The van der Waals surface area contributed by atoms with Gasteiger partial charge in [-0.05, 0) is 31.5 Å². The summed E-state index contributed by atoms with van der Waals surface area (Å²) in [5.74, 6) is 0.0273. The molecule has 146 valence electrons. The topological polar surface area (TPSA) is 93.0 Å². The Morgan fingerprint density at radius 2 is 2.00 bits per heavy atom. The highest BCUT2D eigenvalue weighted by molar-refractivity contribution is 6.08. The minimum Gasteiger partial charge on any atom is -0.495 e. The number of ether oxygens (including phenoxy) is 1. The number of benzene rings is 2. The zero-order valence-electron chi connectivity index (χ0n) is 15.8. The number of para-hydroxylation sites is 2. The van der Waals surface area contributed by atoms with Gasteiger partial charge in [-0.3, -0.25) is 24.6 Å². The molecule has 1 saturated heterocycles. The van der Waals surface area contributed by atoms with Crippen LogP contribution in [0.5, 0.6) is 5.75 Å². The molecule has 2 aromatic carbocycles. The lowest BCUT2D eigenvalue weighted by Crippen LogP contribution is -2.42. The molecule has 2 amide bonds. The molecule has 0 saturated carbocycles. The minimum atomic E-state index is -0.510. The number of anilines is 1. The fraction of sp³-hybridized carbons (Fsp3) is 0.300. The summed E-state index contributed by atoms with van der Waals surface area (Å²) < 4.78 is 5.39. The summed E-state index contributed by atoms with van der Waals surface area (Å²) in [6.07, 6.45) is 1.19. The standard InChI is InChI=1S/C20H21N3O5/c1-14-15(7-5-9-16(14)23(26)27)20(25)22(13-21-12-6-11-19(21)24)17-8-3-4-10-18(17)28-2/h3-5,7-10H,6,11-13H2,1-2H3. The molecule has 1 fully saturated rings. The fourth-order valence-electron chi connectivity index (χ4n) is 3.33. The molecule has 1 aliphatic heterocycles. The molecule has 28 heavy (non-hydrogen) atoms. The van der Waals surface area contributed by atoms with Gasteiger partial charge in [-0.15, -0.1) is 0 Å². The Hall–Kier alpha value is -3.42. The van der Waals surface area contributed by atoms with Crippen LogP contribution < -0.4 is 9.64 Å². The normalized spacial score (nSPS) is 13.5. The molecule has 2 aromatic rings. The lowest BCUT2D eigenvalue weighted by atomic mass is 10.1. The smallest absolute Gasteiger partial charge is 0.273 e. The van der Waals surface area contributed by atoms with Crippen LogP contribution in [0.2, 0.25) is 0 Å². The first kappa shape index (κ1) is 19.3. The zero-order chi connectivity index (χ0) is 20.3. The average Bonchev–Trinajstić information content (AvgIpc) is 3.10. The van der Waals surface area contributed by atoms with Gasteiger partial charge in [0.1, 0.15) is 12.4 Å². The third kappa shape index (κ3) is 3.66. The minimum absolute atomic E-state index is 0.0246. The lowest BCUT2D eigenvalue weighted by molar-refractivity contribution is -0.385. The quantitative estimate of drug-likeness (QED) is 0.564. The Morgan fingerprint density at radius 3 is 2.64 bits per heavy atom. The van der Waals surface area contributed by atoms with Gasteiger partial charge >= 0.3 is 0 Å². The summed E-state index contributed by atoms with van der Waals surface area (Å²) in [5.41, 5.74) is 0.876. The van der Waals surface area contributed by atoms with E-state index in [1.807, 2.05) is 0 Å². The molecule has 3 rings (SSSR count). The van der Waals surface area contributed by atoms with Crippen LogP contribution in [0.3, 0.4) is 0 Å². The number of likely N-dealkylation sites (tertiary alicyclic amines) is 1. The number of hydrogen-bond donors (Lipinski definition) is 0. The molecule has 0 aliphatic carbocycles. The van der Waals surface area contributed by atoms with E-state index in [4.69, 9.17) is 4.74 Å². The number of carbonyl (C=O) groups is 2. The first-order valence-electron chi connectivity index (χ1n) is 8.90. The van der Waals surface area contributed by atoms with E-state index >= 15 is 0 Å². The van der Waals surface area contributed by atoms with Gasteiger partial charge in [0.15, 0.2) is 0 Å². The highest BCUT2D eigenvalue weighted by atomic mass is 16.6. The molecule has 1 aliphatic rings. The van der Waals surface area contributed by atoms with Crippen LogP contribution in [-0.4, -0.2) is 42.0 Å². The molecule has 8 heteroatoms. The molecule has 0 spiro atoms. The van der Waals surface area contributed by atoms with Crippen LogP contribution in [0.25, 0.3) is 0 Å². The third-order valence-electron chi connectivity index (χ3n) is 4.84. The van der Waals surface area contributed by atoms with Gasteiger partial charge < -0.3 is 9.64 Å². The van der Waals surface area contributed by atoms with Crippen molar-refractivity contribution in [3.05, 3.63) is 63.7 Å². The van der Waals surface area contributed by atoms with Gasteiger partial charge in [-0.25, -0.2) is 0 Å². The lowest BCUT2D eigenvalue weighted by Gasteiger charge is -2.29. The van der Waals surface area contributed by atoms with Gasteiger partial charge in [-0.1, -0.05) is 18.2 Å². The highest BCUT2D eigenvalue weighted by Crippen LogP contribution is 2.31. The van der Waals surface area contributed by atoms with E-state index in [9.17, 15) is 19.7 Å². The van der Waals surface area contributed by atoms with Crippen molar-refractivity contribution < 1.29 is 19.2 Å². The van der Waals surface area contributed by atoms with Gasteiger partial charge in [-0.2, -0.15) is 0 Å². The Balaban J connectivity index is 2.06. The third-order valence-corrected chi connectivity index (χ3v) is 4.84. The summed E-state index contributed by atoms with van der Waals surface area (Å²) in [6.45, 7) is 2.17. The molecule has 0 radical (unpaired) electrons. The van der Waals surface area contributed by atoms with E-state index in [-0.39, 0.29) is 29.4 Å². The van der Waals surface area contributed by atoms with Crippen LogP contribution in [0, 0.1) is 17.0 Å². The van der Waals surface area contributed by atoms with Crippen LogP contribution in [0.15, 0.2) is 42.5 Å². The number of rotatable bonds is 6.